The zero-order valence-electron chi connectivity index (χ0n) is 10.8. The third kappa shape index (κ3) is 4.31. The Hall–Kier alpha value is 0.0549. The Morgan fingerprint density at radius 2 is 2.17 bits per heavy atom. The number of rotatable bonds is 7. The second kappa shape index (κ2) is 7.00. The van der Waals surface area contributed by atoms with Crippen molar-refractivity contribution in [2.24, 2.45) is 0 Å². The maximum atomic E-state index is 11.6. The maximum absolute atomic E-state index is 11.6. The minimum Gasteiger partial charge on any atom is -0.388 e. The van der Waals surface area contributed by atoms with E-state index in [2.05, 4.69) is 0 Å². The molecule has 0 saturated carbocycles. The monoisotopic (exact) mass is 282 g/mol. The summed E-state index contributed by atoms with van der Waals surface area (Å²) in [7, 11) is -1.05. The number of hydrogen-bond acceptors (Lipinski definition) is 6. The molecule has 9 heteroatoms. The van der Waals surface area contributed by atoms with Crippen molar-refractivity contribution in [1.29, 1.82) is 0 Å². The molecule has 0 radical (unpaired) electrons. The fourth-order valence-electron chi connectivity index (χ4n) is 1.74. The predicted octanol–water partition coefficient (Wildman–Crippen LogP) is -0.736. The molecule has 2 unspecified atom stereocenters. The molecule has 1 rings (SSSR count). The van der Waals surface area contributed by atoms with E-state index in [1.165, 1.54) is 7.11 Å². The highest BCUT2D eigenvalue weighted by atomic mass is 31.2. The molecule has 1 heterocycles. The van der Waals surface area contributed by atoms with E-state index < -0.39 is 32.1 Å². The fourth-order valence-corrected chi connectivity index (χ4v) is 2.78. The molecule has 0 amide bonds. The Labute approximate surface area is 107 Å². The van der Waals surface area contributed by atoms with E-state index in [4.69, 9.17) is 18.5 Å². The van der Waals surface area contributed by atoms with Crippen molar-refractivity contribution >= 4 is 15.7 Å². The standard InChI is InChI=1S/C9H20BO7P/c1-3-4-15-18(12,13)17-8-6(5-14-2)16-9(10)7(8)11/h6-9,11H,3-5,10H2,1-2H3,(H,12,13)/t6-,7?,8+,9-/m1/s1. The van der Waals surface area contributed by atoms with Crippen molar-refractivity contribution < 1.29 is 33.1 Å². The molecule has 0 bridgehead atoms. The van der Waals surface area contributed by atoms with Crippen LogP contribution in [0, 0.1) is 0 Å². The van der Waals surface area contributed by atoms with Crippen molar-refractivity contribution in [3.63, 3.8) is 0 Å². The molecule has 7 nitrogen and oxygen atoms in total. The summed E-state index contributed by atoms with van der Waals surface area (Å²) in [5.74, 6) is 0. The zero-order valence-corrected chi connectivity index (χ0v) is 11.7. The van der Waals surface area contributed by atoms with Crippen LogP contribution >= 0.6 is 7.82 Å². The Balaban J connectivity index is 2.64. The van der Waals surface area contributed by atoms with Crippen molar-refractivity contribution in [2.75, 3.05) is 20.3 Å². The Morgan fingerprint density at radius 1 is 1.50 bits per heavy atom. The van der Waals surface area contributed by atoms with Crippen LogP contribution in [0.1, 0.15) is 13.3 Å². The first-order chi connectivity index (χ1) is 8.41. The number of methoxy groups -OCH3 is 1. The molecular weight excluding hydrogens is 262 g/mol. The van der Waals surface area contributed by atoms with Gasteiger partial charge in [0, 0.05) is 7.11 Å². The third-order valence-corrected chi connectivity index (χ3v) is 3.64. The van der Waals surface area contributed by atoms with Crippen LogP contribution in [-0.4, -0.2) is 62.5 Å². The fraction of sp³-hybridized carbons (Fsp3) is 1.00. The lowest BCUT2D eigenvalue weighted by atomic mass is 9.93. The lowest BCUT2D eigenvalue weighted by molar-refractivity contribution is -0.0238. The van der Waals surface area contributed by atoms with E-state index in [-0.39, 0.29) is 13.2 Å². The maximum Gasteiger partial charge on any atom is 0.472 e. The van der Waals surface area contributed by atoms with E-state index in [9.17, 15) is 14.6 Å². The molecule has 106 valence electrons. The van der Waals surface area contributed by atoms with Crippen LogP contribution in [-0.2, 0) is 23.1 Å². The Bertz CT molecular complexity index is 303. The molecule has 0 spiro atoms. The summed E-state index contributed by atoms with van der Waals surface area (Å²) in [6.45, 7) is 2.09. The van der Waals surface area contributed by atoms with Crippen LogP contribution < -0.4 is 0 Å². The summed E-state index contributed by atoms with van der Waals surface area (Å²) in [4.78, 5) is 9.50. The Kier molecular flexibility index (Phi) is 6.27. The molecule has 1 saturated heterocycles. The van der Waals surface area contributed by atoms with E-state index in [0.717, 1.165) is 0 Å². The van der Waals surface area contributed by atoms with Gasteiger partial charge in [-0.05, 0) is 6.42 Å². The molecule has 5 atom stereocenters. The average molecular weight is 282 g/mol. The normalized spacial score (nSPS) is 35.6. The van der Waals surface area contributed by atoms with E-state index in [1.54, 1.807) is 7.85 Å². The van der Waals surface area contributed by atoms with Gasteiger partial charge >= 0.3 is 7.82 Å². The molecule has 18 heavy (non-hydrogen) atoms. The second-order valence-electron chi connectivity index (χ2n) is 4.20. The molecule has 0 aromatic carbocycles. The van der Waals surface area contributed by atoms with Crippen molar-refractivity contribution in [1.82, 2.24) is 0 Å². The van der Waals surface area contributed by atoms with Gasteiger partial charge in [-0.15, -0.1) is 0 Å². The quantitative estimate of drug-likeness (QED) is 0.469. The minimum atomic E-state index is -4.18. The van der Waals surface area contributed by atoms with Gasteiger partial charge in [-0.25, -0.2) is 4.57 Å². The molecular formula is C9H20BO7P. The third-order valence-electron chi connectivity index (χ3n) is 2.62. The smallest absolute Gasteiger partial charge is 0.388 e. The molecule has 1 aliphatic rings. The average Bonchev–Trinajstić information content (AvgIpc) is 2.55. The molecule has 0 aromatic heterocycles. The van der Waals surface area contributed by atoms with Gasteiger partial charge in [0.25, 0.3) is 0 Å². The molecule has 1 aliphatic heterocycles. The molecule has 0 aromatic rings. The van der Waals surface area contributed by atoms with Crippen LogP contribution in [0.5, 0.6) is 0 Å². The lowest BCUT2D eigenvalue weighted by Crippen LogP contribution is -2.36. The summed E-state index contributed by atoms with van der Waals surface area (Å²) in [6.07, 6.45) is -1.93. The van der Waals surface area contributed by atoms with E-state index in [1.807, 2.05) is 6.92 Å². The van der Waals surface area contributed by atoms with Crippen LogP contribution in [0.15, 0.2) is 0 Å². The van der Waals surface area contributed by atoms with Gasteiger partial charge in [-0.3, -0.25) is 9.05 Å². The van der Waals surface area contributed by atoms with Crippen LogP contribution in [0.3, 0.4) is 0 Å². The first kappa shape index (κ1) is 16.1. The molecule has 0 aliphatic carbocycles. The number of phosphoric ester groups is 1. The van der Waals surface area contributed by atoms with Crippen LogP contribution in [0.4, 0.5) is 0 Å². The minimum absolute atomic E-state index is 0.113. The van der Waals surface area contributed by atoms with Gasteiger partial charge < -0.3 is 19.5 Å². The van der Waals surface area contributed by atoms with Crippen molar-refractivity contribution in [3.05, 3.63) is 0 Å². The van der Waals surface area contributed by atoms with E-state index >= 15 is 0 Å². The molecule has 1 fully saturated rings. The van der Waals surface area contributed by atoms with Gasteiger partial charge in [-0.1, -0.05) is 6.92 Å². The SMILES string of the molecule is B[C@@H]1O[C@H](COC)[C@H](OP(=O)(O)OCCC)C1O. The zero-order chi connectivity index (χ0) is 13.8. The summed E-state index contributed by atoms with van der Waals surface area (Å²) < 4.78 is 31.7. The van der Waals surface area contributed by atoms with Gasteiger partial charge in [0.2, 0.25) is 0 Å². The number of hydrogen-bond donors (Lipinski definition) is 2. The van der Waals surface area contributed by atoms with Gasteiger partial charge in [-0.2, -0.15) is 0 Å². The first-order valence-corrected chi connectivity index (χ1v) is 7.39. The van der Waals surface area contributed by atoms with Gasteiger partial charge in [0.15, 0.2) is 0 Å². The highest BCUT2D eigenvalue weighted by Gasteiger charge is 2.45. The largest absolute Gasteiger partial charge is 0.472 e. The topological polar surface area (TPSA) is 94.5 Å². The van der Waals surface area contributed by atoms with Gasteiger partial charge in [0.1, 0.15) is 26.2 Å². The van der Waals surface area contributed by atoms with Crippen LogP contribution in [0.25, 0.3) is 0 Å². The number of aliphatic hydroxyl groups is 1. The number of ether oxygens (including phenoxy) is 2. The molecule has 2 N–H and O–H groups in total. The first-order valence-electron chi connectivity index (χ1n) is 5.89. The highest BCUT2D eigenvalue weighted by Crippen LogP contribution is 2.47. The Morgan fingerprint density at radius 3 is 2.72 bits per heavy atom. The number of aliphatic hydroxyl groups excluding tert-OH is 1. The number of phosphoric acid groups is 1. The van der Waals surface area contributed by atoms with E-state index in [0.29, 0.717) is 6.42 Å². The van der Waals surface area contributed by atoms with Crippen molar-refractivity contribution in [3.8, 4) is 0 Å². The highest BCUT2D eigenvalue weighted by molar-refractivity contribution is 7.47. The summed E-state index contributed by atoms with van der Waals surface area (Å²) in [5, 5.41) is 9.85. The summed E-state index contributed by atoms with van der Waals surface area (Å²) >= 11 is 0. The van der Waals surface area contributed by atoms with Crippen molar-refractivity contribution in [2.45, 2.75) is 37.7 Å². The lowest BCUT2D eigenvalue weighted by Gasteiger charge is -2.22. The summed E-state index contributed by atoms with van der Waals surface area (Å²) in [5.41, 5.74) is 0. The second-order valence-corrected chi connectivity index (χ2v) is 5.60. The summed E-state index contributed by atoms with van der Waals surface area (Å²) in [6, 6.07) is -0.485. The predicted molar refractivity (Wildman–Crippen MR) is 66.0 cm³/mol. The van der Waals surface area contributed by atoms with Crippen LogP contribution in [0.2, 0.25) is 0 Å². The van der Waals surface area contributed by atoms with Gasteiger partial charge in [0.05, 0.1) is 19.2 Å².